The van der Waals surface area contributed by atoms with Crippen molar-refractivity contribution >= 4 is 35.1 Å². The van der Waals surface area contributed by atoms with Gasteiger partial charge in [0.1, 0.15) is 5.75 Å². The first-order valence-corrected chi connectivity index (χ1v) is 12.7. The number of anilines is 2. The Morgan fingerprint density at radius 2 is 1.53 bits per heavy atom. The molecule has 6 aliphatic rings. The molecule has 4 aliphatic carbocycles. The second-order valence-corrected chi connectivity index (χ2v) is 10.8. The highest BCUT2D eigenvalue weighted by Gasteiger charge is 2.67. The zero-order chi connectivity index (χ0) is 24.7. The molecule has 2 aliphatic heterocycles. The summed E-state index contributed by atoms with van der Waals surface area (Å²) in [6, 6.07) is 14.1. The Morgan fingerprint density at radius 3 is 2.17 bits per heavy atom. The smallest absolute Gasteiger partial charge is 0.316 e. The van der Waals surface area contributed by atoms with Crippen molar-refractivity contribution in [2.75, 3.05) is 16.3 Å². The molecule has 0 N–H and O–H groups in total. The topological polar surface area (TPSA) is 84.0 Å². The average Bonchev–Trinajstić information content (AvgIpc) is 3.56. The zero-order valence-electron chi connectivity index (χ0n) is 19.9. The van der Waals surface area contributed by atoms with Gasteiger partial charge in [-0.1, -0.05) is 30.4 Å². The Bertz CT molecular complexity index is 1310. The molecule has 2 aromatic carbocycles. The van der Waals surface area contributed by atoms with Gasteiger partial charge in [0.15, 0.2) is 0 Å². The van der Waals surface area contributed by atoms with Gasteiger partial charge in [0.2, 0.25) is 17.7 Å². The van der Waals surface area contributed by atoms with Crippen molar-refractivity contribution in [3.05, 3.63) is 66.2 Å². The SMILES string of the molecule is Cc1ccccc1N1C[C@H](C(=O)Oc2ccc(N3C(=O)[C@@H]4[C@H]5C=C[C@@H]([C@@H]6C[C@H]56)[C@H]4C3=O)cc2)CC1=O. The van der Waals surface area contributed by atoms with Crippen LogP contribution in [-0.2, 0) is 19.2 Å². The summed E-state index contributed by atoms with van der Waals surface area (Å²) < 4.78 is 5.57. The molecule has 2 heterocycles. The lowest BCUT2D eigenvalue weighted by Crippen LogP contribution is -2.40. The van der Waals surface area contributed by atoms with Crippen LogP contribution in [0.4, 0.5) is 11.4 Å². The molecule has 0 spiro atoms. The fraction of sp³-hybridized carbons (Fsp3) is 0.379. The molecule has 0 unspecified atom stereocenters. The number of amides is 3. The molecule has 0 radical (unpaired) electrons. The number of imide groups is 1. The summed E-state index contributed by atoms with van der Waals surface area (Å²) in [5.41, 5.74) is 2.29. The summed E-state index contributed by atoms with van der Waals surface area (Å²) in [6.45, 7) is 2.21. The molecule has 36 heavy (non-hydrogen) atoms. The van der Waals surface area contributed by atoms with E-state index >= 15 is 0 Å². The van der Waals surface area contributed by atoms with Crippen molar-refractivity contribution in [3.63, 3.8) is 0 Å². The first-order chi connectivity index (χ1) is 17.4. The fourth-order valence-electron chi connectivity index (χ4n) is 7.04. The minimum Gasteiger partial charge on any atom is -0.426 e. The molecule has 7 nitrogen and oxygen atoms in total. The number of hydrogen-bond acceptors (Lipinski definition) is 5. The van der Waals surface area contributed by atoms with Gasteiger partial charge < -0.3 is 9.64 Å². The highest BCUT2D eigenvalue weighted by atomic mass is 16.5. The van der Waals surface area contributed by atoms with Crippen LogP contribution < -0.4 is 14.5 Å². The quantitative estimate of drug-likeness (QED) is 0.288. The van der Waals surface area contributed by atoms with Crippen LogP contribution in [0.5, 0.6) is 5.75 Å². The van der Waals surface area contributed by atoms with Crippen molar-refractivity contribution in [2.45, 2.75) is 19.8 Å². The van der Waals surface area contributed by atoms with Gasteiger partial charge in [0.05, 0.1) is 23.4 Å². The maximum Gasteiger partial charge on any atom is 0.316 e. The molecule has 3 amide bonds. The molecule has 2 saturated heterocycles. The van der Waals surface area contributed by atoms with Crippen LogP contribution in [0.2, 0.25) is 0 Å². The van der Waals surface area contributed by atoms with Crippen molar-refractivity contribution in [1.29, 1.82) is 0 Å². The number of carbonyl (C=O) groups is 4. The van der Waals surface area contributed by atoms with E-state index in [9.17, 15) is 19.2 Å². The number of esters is 1. The number of hydrogen-bond donors (Lipinski definition) is 0. The van der Waals surface area contributed by atoms with Gasteiger partial charge in [0, 0.05) is 18.7 Å². The maximum atomic E-state index is 13.3. The van der Waals surface area contributed by atoms with E-state index in [2.05, 4.69) is 12.2 Å². The van der Waals surface area contributed by atoms with Gasteiger partial charge in [-0.25, -0.2) is 0 Å². The van der Waals surface area contributed by atoms with E-state index in [0.29, 0.717) is 23.3 Å². The Balaban J connectivity index is 1.04. The Kier molecular flexibility index (Phi) is 4.56. The predicted molar refractivity (Wildman–Crippen MR) is 131 cm³/mol. The zero-order valence-corrected chi connectivity index (χ0v) is 19.9. The number of carbonyl (C=O) groups excluding carboxylic acids is 4. The lowest BCUT2D eigenvalue weighted by atomic mass is 9.63. The third kappa shape index (κ3) is 3.04. The Hall–Kier alpha value is -3.74. The van der Waals surface area contributed by atoms with E-state index in [1.54, 1.807) is 29.2 Å². The molecule has 182 valence electrons. The molecule has 8 rings (SSSR count). The molecule has 4 fully saturated rings. The summed E-state index contributed by atoms with van der Waals surface area (Å²) in [4.78, 5) is 55.0. The second kappa shape index (κ2) is 7.63. The van der Waals surface area contributed by atoms with Crippen LogP contribution in [0.1, 0.15) is 18.4 Å². The summed E-state index contributed by atoms with van der Waals surface area (Å²) in [7, 11) is 0. The molecule has 2 bridgehead atoms. The number of ether oxygens (including phenoxy) is 1. The van der Waals surface area contributed by atoms with E-state index < -0.39 is 11.9 Å². The summed E-state index contributed by atoms with van der Waals surface area (Å²) >= 11 is 0. The predicted octanol–water partition coefficient (Wildman–Crippen LogP) is 3.51. The van der Waals surface area contributed by atoms with Crippen molar-refractivity contribution < 1.29 is 23.9 Å². The second-order valence-electron chi connectivity index (χ2n) is 10.8. The van der Waals surface area contributed by atoms with Gasteiger partial charge in [0.25, 0.3) is 0 Å². The third-order valence-electron chi connectivity index (χ3n) is 8.84. The van der Waals surface area contributed by atoms with E-state index in [4.69, 9.17) is 4.74 Å². The van der Waals surface area contributed by atoms with Crippen LogP contribution in [-0.4, -0.2) is 30.2 Å². The number of allylic oxidation sites excluding steroid dienone is 2. The monoisotopic (exact) mass is 482 g/mol. The lowest BCUT2D eigenvalue weighted by Gasteiger charge is -2.37. The minimum atomic E-state index is -0.559. The molecule has 2 aromatic rings. The number of aryl methyl sites for hydroxylation is 1. The number of nitrogens with zero attached hydrogens (tertiary/aromatic N) is 2. The molecule has 7 atom stereocenters. The Labute approximate surface area is 208 Å². The third-order valence-corrected chi connectivity index (χ3v) is 8.84. The van der Waals surface area contributed by atoms with Crippen molar-refractivity contribution in [3.8, 4) is 5.75 Å². The number of benzene rings is 2. The maximum absolute atomic E-state index is 13.3. The van der Waals surface area contributed by atoms with Crippen molar-refractivity contribution in [2.24, 2.45) is 41.4 Å². The van der Waals surface area contributed by atoms with Crippen LogP contribution >= 0.6 is 0 Å². The van der Waals surface area contributed by atoms with Gasteiger partial charge in [-0.15, -0.1) is 0 Å². The first-order valence-electron chi connectivity index (χ1n) is 12.7. The average molecular weight is 483 g/mol. The highest BCUT2D eigenvalue weighted by molar-refractivity contribution is 6.22. The molecular formula is C29H26N2O5. The summed E-state index contributed by atoms with van der Waals surface area (Å²) in [5, 5.41) is 0. The largest absolute Gasteiger partial charge is 0.426 e. The van der Waals surface area contributed by atoms with E-state index in [0.717, 1.165) is 17.7 Å². The lowest BCUT2D eigenvalue weighted by molar-refractivity contribution is -0.139. The standard InChI is InChI=1S/C29H26N2O5/c1-15-4-2-3-5-23(15)30-14-16(12-24(30)32)29(35)36-18-8-6-17(7-9-18)31-27(33)25-19-10-11-20(22-13-21(19)22)26(25)28(31)34/h2-11,16,19-22,25-26H,12-14H2,1H3/t16-,19+,20+,21-,22+,25-,26-/m1/s1. The van der Waals surface area contributed by atoms with E-state index in [1.165, 1.54) is 4.90 Å². The van der Waals surface area contributed by atoms with Gasteiger partial charge >= 0.3 is 5.97 Å². The summed E-state index contributed by atoms with van der Waals surface area (Å²) in [5.74, 6) is -0.0345. The Morgan fingerprint density at radius 1 is 0.889 bits per heavy atom. The van der Waals surface area contributed by atoms with Crippen LogP contribution in [0.3, 0.4) is 0 Å². The molecule has 7 heteroatoms. The van der Waals surface area contributed by atoms with Crippen LogP contribution in [0.25, 0.3) is 0 Å². The van der Waals surface area contributed by atoms with Crippen LogP contribution in [0.15, 0.2) is 60.7 Å². The molecular weight excluding hydrogens is 456 g/mol. The first kappa shape index (κ1) is 21.5. The molecule has 2 saturated carbocycles. The van der Waals surface area contributed by atoms with Gasteiger partial charge in [-0.05, 0) is 72.9 Å². The van der Waals surface area contributed by atoms with E-state index in [1.807, 2.05) is 31.2 Å². The normalized spacial score (nSPS) is 33.7. The fourth-order valence-corrected chi connectivity index (χ4v) is 7.04. The van der Waals surface area contributed by atoms with Gasteiger partial charge in [-0.2, -0.15) is 0 Å². The van der Waals surface area contributed by atoms with Crippen LogP contribution in [0, 0.1) is 48.3 Å². The number of para-hydroxylation sites is 1. The van der Waals surface area contributed by atoms with Gasteiger partial charge in [-0.3, -0.25) is 24.1 Å². The summed E-state index contributed by atoms with van der Waals surface area (Å²) in [6.07, 6.45) is 5.55. The molecule has 0 aromatic heterocycles. The van der Waals surface area contributed by atoms with E-state index in [-0.39, 0.29) is 54.4 Å². The number of rotatable bonds is 4. The van der Waals surface area contributed by atoms with Crippen molar-refractivity contribution in [1.82, 2.24) is 0 Å². The minimum absolute atomic E-state index is 0.100. The highest BCUT2D eigenvalue weighted by Crippen LogP contribution is 2.65.